The van der Waals surface area contributed by atoms with Crippen LogP contribution in [0.25, 0.3) is 0 Å². The summed E-state index contributed by atoms with van der Waals surface area (Å²) in [5, 5.41) is 3.89. The molecule has 2 aromatic rings. The molecule has 1 aliphatic rings. The molecule has 1 aliphatic carbocycles. The van der Waals surface area contributed by atoms with E-state index >= 15 is 0 Å². The first-order valence-electron chi connectivity index (χ1n) is 5.93. The fourth-order valence-electron chi connectivity index (χ4n) is 2.48. The van der Waals surface area contributed by atoms with Crippen LogP contribution in [-0.4, -0.2) is 10.1 Å². The maximum atomic E-state index is 11.2. The molecule has 3 rings (SSSR count). The highest BCUT2D eigenvalue weighted by Crippen LogP contribution is 2.50. The minimum absolute atomic E-state index is 0.271. The summed E-state index contributed by atoms with van der Waals surface area (Å²) in [6.45, 7) is 2.11. The highest BCUT2D eigenvalue weighted by molar-refractivity contribution is 9.10. The minimum atomic E-state index is -0.492. The number of nitrogens with zero attached hydrogens (tertiary/aromatic N) is 1. The number of hydrogen-bond donors (Lipinski definition) is 1. The first kappa shape index (κ1) is 11.7. The molecule has 0 aliphatic heterocycles. The molecule has 0 radical (unpaired) electrons. The Bertz CT molecular complexity index is 612. The van der Waals surface area contributed by atoms with Crippen LogP contribution in [0.2, 0.25) is 0 Å². The molecule has 1 fully saturated rings. The number of aromatic amines is 1. The van der Waals surface area contributed by atoms with E-state index < -0.39 is 5.76 Å². The van der Waals surface area contributed by atoms with Gasteiger partial charge in [0.05, 0.1) is 5.41 Å². The first-order chi connectivity index (χ1) is 8.60. The monoisotopic (exact) mass is 308 g/mol. The van der Waals surface area contributed by atoms with Crippen molar-refractivity contribution in [3.63, 3.8) is 0 Å². The van der Waals surface area contributed by atoms with E-state index in [1.807, 2.05) is 12.1 Å². The molecular weight excluding hydrogens is 296 g/mol. The van der Waals surface area contributed by atoms with E-state index in [1.54, 1.807) is 0 Å². The molecule has 0 spiro atoms. The van der Waals surface area contributed by atoms with E-state index in [1.165, 1.54) is 0 Å². The van der Waals surface area contributed by atoms with Gasteiger partial charge in [-0.05, 0) is 43.4 Å². The van der Waals surface area contributed by atoms with Gasteiger partial charge in [-0.15, -0.1) is 0 Å². The molecule has 0 saturated heterocycles. The van der Waals surface area contributed by atoms with Gasteiger partial charge in [-0.1, -0.05) is 33.2 Å². The Morgan fingerprint density at radius 3 is 2.56 bits per heavy atom. The zero-order valence-corrected chi connectivity index (χ0v) is 11.5. The van der Waals surface area contributed by atoms with Crippen molar-refractivity contribution >= 4 is 15.9 Å². The minimum Gasteiger partial charge on any atom is -0.296 e. The summed E-state index contributed by atoms with van der Waals surface area (Å²) in [4.78, 5) is 13.9. The molecule has 1 atom stereocenters. The summed E-state index contributed by atoms with van der Waals surface area (Å²) in [6.07, 6.45) is 2.31. The van der Waals surface area contributed by atoms with E-state index in [-0.39, 0.29) is 5.41 Å². The zero-order chi connectivity index (χ0) is 12.8. The van der Waals surface area contributed by atoms with Crippen molar-refractivity contribution < 1.29 is 4.52 Å². The zero-order valence-electron chi connectivity index (χ0n) is 9.94. The third-order valence-electron chi connectivity index (χ3n) is 3.77. The second-order valence-electron chi connectivity index (χ2n) is 4.93. The van der Waals surface area contributed by atoms with Gasteiger partial charge < -0.3 is 0 Å². The van der Waals surface area contributed by atoms with Gasteiger partial charge >= 0.3 is 5.76 Å². The topological polar surface area (TPSA) is 58.9 Å². The van der Waals surface area contributed by atoms with Crippen LogP contribution in [0.3, 0.4) is 0 Å². The van der Waals surface area contributed by atoms with E-state index in [4.69, 9.17) is 0 Å². The SMILES string of the molecule is CC(c1ccc(Br)cc1)(c1noc(=O)[nH]1)C1CC1. The average molecular weight is 309 g/mol. The van der Waals surface area contributed by atoms with Gasteiger partial charge in [0, 0.05) is 4.47 Å². The number of hydrogen-bond acceptors (Lipinski definition) is 3. The van der Waals surface area contributed by atoms with Crippen molar-refractivity contribution in [2.24, 2.45) is 5.92 Å². The van der Waals surface area contributed by atoms with Crippen LogP contribution in [-0.2, 0) is 5.41 Å². The lowest BCUT2D eigenvalue weighted by molar-refractivity contribution is 0.361. The van der Waals surface area contributed by atoms with E-state index in [2.05, 4.69) is 49.7 Å². The van der Waals surface area contributed by atoms with E-state index in [0.717, 1.165) is 22.9 Å². The van der Waals surface area contributed by atoms with Crippen molar-refractivity contribution in [3.05, 3.63) is 50.7 Å². The van der Waals surface area contributed by atoms with E-state index in [0.29, 0.717) is 11.7 Å². The van der Waals surface area contributed by atoms with E-state index in [9.17, 15) is 4.79 Å². The normalized spacial score (nSPS) is 18.6. The molecule has 94 valence electrons. The van der Waals surface area contributed by atoms with Crippen LogP contribution in [0.1, 0.15) is 31.2 Å². The van der Waals surface area contributed by atoms with Gasteiger partial charge in [0.15, 0.2) is 5.82 Å². The standard InChI is InChI=1S/C13H13BrN2O2/c1-13(8-2-3-8,11-15-12(17)18-16-11)9-4-6-10(14)7-5-9/h4-8H,2-3H2,1H3,(H,15,16,17). The lowest BCUT2D eigenvalue weighted by Crippen LogP contribution is -2.28. The lowest BCUT2D eigenvalue weighted by Gasteiger charge is -2.27. The van der Waals surface area contributed by atoms with Gasteiger partial charge in [-0.3, -0.25) is 9.51 Å². The second-order valence-corrected chi connectivity index (χ2v) is 5.84. The molecule has 1 N–H and O–H groups in total. The molecular formula is C13H13BrN2O2. The predicted molar refractivity (Wildman–Crippen MR) is 70.4 cm³/mol. The Kier molecular flexibility index (Phi) is 2.66. The summed E-state index contributed by atoms with van der Waals surface area (Å²) >= 11 is 3.43. The summed E-state index contributed by atoms with van der Waals surface area (Å²) < 4.78 is 5.70. The van der Waals surface area contributed by atoms with Gasteiger partial charge in [0.2, 0.25) is 0 Å². The van der Waals surface area contributed by atoms with Crippen molar-refractivity contribution in [1.29, 1.82) is 0 Å². The number of aromatic nitrogens is 2. The lowest BCUT2D eigenvalue weighted by atomic mass is 9.77. The molecule has 1 unspecified atom stereocenters. The summed E-state index contributed by atoms with van der Waals surface area (Å²) in [5.41, 5.74) is 0.880. The Labute approximate surface area is 113 Å². The fraction of sp³-hybridized carbons (Fsp3) is 0.385. The molecule has 4 nitrogen and oxygen atoms in total. The largest absolute Gasteiger partial charge is 0.438 e. The Hall–Kier alpha value is -1.36. The number of halogens is 1. The van der Waals surface area contributed by atoms with Crippen LogP contribution in [0.5, 0.6) is 0 Å². The summed E-state index contributed by atoms with van der Waals surface area (Å²) in [6, 6.07) is 8.15. The van der Waals surface area contributed by atoms with Crippen LogP contribution in [0.15, 0.2) is 38.1 Å². The number of rotatable bonds is 3. The number of benzene rings is 1. The molecule has 1 aromatic heterocycles. The molecule has 1 saturated carbocycles. The van der Waals surface area contributed by atoms with Crippen LogP contribution in [0, 0.1) is 5.92 Å². The number of nitrogens with one attached hydrogen (secondary N) is 1. The molecule has 5 heteroatoms. The third-order valence-corrected chi connectivity index (χ3v) is 4.30. The summed E-state index contributed by atoms with van der Waals surface area (Å²) in [7, 11) is 0. The van der Waals surface area contributed by atoms with Crippen molar-refractivity contribution in [2.75, 3.05) is 0 Å². The third kappa shape index (κ3) is 1.82. The maximum Gasteiger partial charge on any atom is 0.438 e. The van der Waals surface area contributed by atoms with Crippen LogP contribution in [0.4, 0.5) is 0 Å². The van der Waals surface area contributed by atoms with Gasteiger partial charge in [-0.2, -0.15) is 0 Å². The Morgan fingerprint density at radius 2 is 2.06 bits per heavy atom. The molecule has 1 heterocycles. The molecule has 18 heavy (non-hydrogen) atoms. The quantitative estimate of drug-likeness (QED) is 0.948. The van der Waals surface area contributed by atoms with Gasteiger partial charge in [-0.25, -0.2) is 4.79 Å². The highest BCUT2D eigenvalue weighted by atomic mass is 79.9. The van der Waals surface area contributed by atoms with Crippen molar-refractivity contribution in [3.8, 4) is 0 Å². The predicted octanol–water partition coefficient (Wildman–Crippen LogP) is 2.84. The summed E-state index contributed by atoms with van der Waals surface area (Å²) in [5.74, 6) is 0.644. The Balaban J connectivity index is 2.11. The molecule has 0 bridgehead atoms. The molecule has 0 amide bonds. The number of H-pyrrole nitrogens is 1. The van der Waals surface area contributed by atoms with Gasteiger partial charge in [0.25, 0.3) is 0 Å². The molecule has 1 aromatic carbocycles. The smallest absolute Gasteiger partial charge is 0.296 e. The maximum absolute atomic E-state index is 11.2. The van der Waals surface area contributed by atoms with Gasteiger partial charge in [0.1, 0.15) is 0 Å². The Morgan fingerprint density at radius 1 is 1.39 bits per heavy atom. The first-order valence-corrected chi connectivity index (χ1v) is 6.72. The fourth-order valence-corrected chi connectivity index (χ4v) is 2.74. The highest BCUT2D eigenvalue weighted by Gasteiger charge is 2.46. The second kappa shape index (κ2) is 4.09. The van der Waals surface area contributed by atoms with Crippen molar-refractivity contribution in [1.82, 2.24) is 10.1 Å². The van der Waals surface area contributed by atoms with Crippen LogP contribution < -0.4 is 5.76 Å². The average Bonchev–Trinajstić information content (AvgIpc) is 3.12. The van der Waals surface area contributed by atoms with Crippen LogP contribution >= 0.6 is 15.9 Å². The van der Waals surface area contributed by atoms with Crippen molar-refractivity contribution in [2.45, 2.75) is 25.2 Å².